The third-order valence-electron chi connectivity index (χ3n) is 14.7. The Morgan fingerprint density at radius 1 is 0.878 bits per heavy atom. The summed E-state index contributed by atoms with van der Waals surface area (Å²) in [6.45, 7) is 16.5. The second-order valence-electron chi connectivity index (χ2n) is 17.2. The summed E-state index contributed by atoms with van der Waals surface area (Å²) in [4.78, 5) is 66.5. The maximum absolute atomic E-state index is 14.2. The molecule has 1 aliphatic heterocycles. The van der Waals surface area contributed by atoms with Gasteiger partial charge in [0, 0.05) is 46.0 Å². The summed E-state index contributed by atoms with van der Waals surface area (Å²) >= 11 is 0. The van der Waals surface area contributed by atoms with Crippen molar-refractivity contribution in [2.24, 2.45) is 44.8 Å². The molecule has 4 saturated carbocycles. The van der Waals surface area contributed by atoms with Crippen LogP contribution in [0.5, 0.6) is 0 Å². The number of methoxy groups -OCH3 is 1. The first-order valence-electron chi connectivity index (χ1n) is 17.4. The zero-order valence-corrected chi connectivity index (χ0v) is 30.6. The third-order valence-corrected chi connectivity index (χ3v) is 14.7. The molecule has 6 aliphatic rings. The summed E-state index contributed by atoms with van der Waals surface area (Å²) in [6.07, 6.45) is -4.28. The average molecular weight is 689 g/mol. The van der Waals surface area contributed by atoms with Crippen LogP contribution in [0.25, 0.3) is 0 Å². The lowest BCUT2D eigenvalue weighted by Crippen LogP contribution is -2.86. The Bertz CT molecular complexity index is 1570. The van der Waals surface area contributed by atoms with E-state index in [1.54, 1.807) is 13.8 Å². The molecule has 1 saturated heterocycles. The van der Waals surface area contributed by atoms with Crippen LogP contribution in [0.2, 0.25) is 0 Å². The lowest BCUT2D eigenvalue weighted by Gasteiger charge is -2.73. The topological polar surface area (TPSA) is 172 Å². The Kier molecular flexibility index (Phi) is 7.69. The Labute approximate surface area is 287 Å². The fourth-order valence-corrected chi connectivity index (χ4v) is 13.3. The van der Waals surface area contributed by atoms with E-state index < -0.39 is 98.4 Å². The molecular formula is C37H52O12. The highest BCUT2D eigenvalue weighted by molar-refractivity contribution is 5.95. The highest BCUT2D eigenvalue weighted by atomic mass is 16.6. The first-order chi connectivity index (χ1) is 22.5. The number of allylic oxidation sites excluding steroid dienone is 2. The van der Waals surface area contributed by atoms with Gasteiger partial charge in [0.15, 0.2) is 23.8 Å². The van der Waals surface area contributed by atoms with E-state index in [1.165, 1.54) is 34.8 Å². The quantitative estimate of drug-likeness (QED) is 0.325. The Hall–Kier alpha value is -2.99. The first kappa shape index (κ1) is 35.8. The standard InChI is InChI=1S/C37H52O12/c1-17-13-33(8)24-12-22(41)26(45-11)18(2)32(24,7)14-23(42)27(33)37(17)35(10,44)29(48-21(5)40)28(47-20(4)39)34(9)25(46-19(3)38)15-31(6)16-36(34,37)49-30(31)43/h17,23-25,27-29,42,44H,12-16H2,1-11H3/t17-,23+,24-,25-,27-,28-,29+,31+,32+,33-,34+,35-,36+,37-/m0/s1. The summed E-state index contributed by atoms with van der Waals surface area (Å²) in [5.74, 6) is -4.19. The number of rotatable bonds is 4. The van der Waals surface area contributed by atoms with Crippen LogP contribution in [0.4, 0.5) is 0 Å². The van der Waals surface area contributed by atoms with Gasteiger partial charge in [0.25, 0.3) is 0 Å². The van der Waals surface area contributed by atoms with Crippen LogP contribution in [0.3, 0.4) is 0 Å². The number of ether oxygens (including phenoxy) is 5. The minimum absolute atomic E-state index is 0.0320. The normalized spacial score (nSPS) is 51.3. The summed E-state index contributed by atoms with van der Waals surface area (Å²) in [5.41, 5.74) is -8.85. The summed E-state index contributed by atoms with van der Waals surface area (Å²) in [5, 5.41) is 26.1. The molecule has 0 radical (unpaired) electrons. The fraction of sp³-hybridized carbons (Fsp3) is 0.811. The van der Waals surface area contributed by atoms with Crippen LogP contribution in [-0.4, -0.2) is 82.6 Å². The second-order valence-corrected chi connectivity index (χ2v) is 17.2. The fourth-order valence-electron chi connectivity index (χ4n) is 13.3. The molecule has 5 fully saturated rings. The van der Waals surface area contributed by atoms with E-state index in [2.05, 4.69) is 0 Å². The van der Waals surface area contributed by atoms with Crippen LogP contribution in [0.15, 0.2) is 11.3 Å². The van der Waals surface area contributed by atoms with Gasteiger partial charge in [0.2, 0.25) is 0 Å². The molecule has 5 aliphatic carbocycles. The molecule has 12 heteroatoms. The number of fused-ring (bicyclic) bond motifs is 5. The Morgan fingerprint density at radius 2 is 1.45 bits per heavy atom. The summed E-state index contributed by atoms with van der Waals surface area (Å²) < 4.78 is 30.4. The number of carbonyl (C=O) groups excluding carboxylic acids is 5. The molecule has 2 spiro atoms. The van der Waals surface area contributed by atoms with E-state index in [-0.39, 0.29) is 37.4 Å². The van der Waals surface area contributed by atoms with Gasteiger partial charge in [-0.25, -0.2) is 0 Å². The molecule has 6 rings (SSSR count). The largest absolute Gasteiger partial charge is 0.493 e. The number of aliphatic hydroxyl groups excluding tert-OH is 1. The first-order valence-corrected chi connectivity index (χ1v) is 17.4. The van der Waals surface area contributed by atoms with Crippen molar-refractivity contribution in [3.63, 3.8) is 0 Å². The number of esters is 4. The van der Waals surface area contributed by atoms with Gasteiger partial charge < -0.3 is 33.9 Å². The van der Waals surface area contributed by atoms with E-state index in [9.17, 15) is 34.2 Å². The predicted octanol–water partition coefficient (Wildman–Crippen LogP) is 3.58. The molecule has 0 aromatic carbocycles. The lowest BCUT2D eigenvalue weighted by molar-refractivity contribution is -0.383. The smallest absolute Gasteiger partial charge is 0.312 e. The van der Waals surface area contributed by atoms with Crippen molar-refractivity contribution in [2.45, 2.75) is 137 Å². The van der Waals surface area contributed by atoms with Gasteiger partial charge >= 0.3 is 23.9 Å². The van der Waals surface area contributed by atoms with Crippen molar-refractivity contribution < 1.29 is 57.9 Å². The van der Waals surface area contributed by atoms with E-state index in [4.69, 9.17) is 23.7 Å². The number of aliphatic hydroxyl groups is 2. The summed E-state index contributed by atoms with van der Waals surface area (Å²) in [7, 11) is 1.47. The van der Waals surface area contributed by atoms with Crippen LogP contribution < -0.4 is 0 Å². The van der Waals surface area contributed by atoms with Crippen molar-refractivity contribution in [3.05, 3.63) is 11.3 Å². The molecule has 272 valence electrons. The van der Waals surface area contributed by atoms with Crippen molar-refractivity contribution >= 4 is 29.7 Å². The minimum atomic E-state index is -2.10. The van der Waals surface area contributed by atoms with Crippen LogP contribution >= 0.6 is 0 Å². The molecule has 12 nitrogen and oxygen atoms in total. The zero-order chi connectivity index (χ0) is 36.7. The van der Waals surface area contributed by atoms with E-state index in [0.29, 0.717) is 12.2 Å². The van der Waals surface area contributed by atoms with Crippen molar-refractivity contribution in [1.82, 2.24) is 0 Å². The molecule has 2 bridgehead atoms. The Morgan fingerprint density at radius 3 is 2.00 bits per heavy atom. The molecular weight excluding hydrogens is 636 g/mol. The van der Waals surface area contributed by atoms with E-state index in [0.717, 1.165) is 5.57 Å². The number of hydrogen-bond acceptors (Lipinski definition) is 12. The number of hydrogen-bond donors (Lipinski definition) is 2. The molecule has 0 amide bonds. The van der Waals surface area contributed by atoms with Crippen molar-refractivity contribution in [2.75, 3.05) is 7.11 Å². The van der Waals surface area contributed by atoms with Gasteiger partial charge in [0.05, 0.1) is 29.5 Å². The van der Waals surface area contributed by atoms with E-state index >= 15 is 0 Å². The zero-order valence-electron chi connectivity index (χ0n) is 30.6. The van der Waals surface area contributed by atoms with Gasteiger partial charge in [-0.1, -0.05) is 20.8 Å². The monoisotopic (exact) mass is 688 g/mol. The molecule has 0 aromatic rings. The minimum Gasteiger partial charge on any atom is -0.493 e. The maximum Gasteiger partial charge on any atom is 0.312 e. The van der Waals surface area contributed by atoms with Crippen molar-refractivity contribution in [1.29, 1.82) is 0 Å². The highest BCUT2D eigenvalue weighted by Gasteiger charge is 2.92. The molecule has 0 aromatic heterocycles. The molecule has 2 N–H and O–H groups in total. The summed E-state index contributed by atoms with van der Waals surface area (Å²) in [6, 6.07) is 0. The lowest BCUT2D eigenvalue weighted by atomic mass is 9.33. The molecule has 49 heavy (non-hydrogen) atoms. The molecule has 1 heterocycles. The number of Topliss-reactive ketones (excluding diaryl/α,β-unsaturated/α-hetero) is 1. The van der Waals surface area contributed by atoms with Gasteiger partial charge in [-0.05, 0) is 68.8 Å². The third kappa shape index (κ3) is 4.01. The second kappa shape index (κ2) is 10.5. The van der Waals surface area contributed by atoms with Crippen LogP contribution in [-0.2, 0) is 47.7 Å². The molecule has 0 unspecified atom stereocenters. The van der Waals surface area contributed by atoms with Gasteiger partial charge in [-0.2, -0.15) is 0 Å². The number of carbonyl (C=O) groups is 5. The van der Waals surface area contributed by atoms with E-state index in [1.807, 2.05) is 27.7 Å². The Balaban J connectivity index is 1.72. The molecule has 14 atom stereocenters. The van der Waals surface area contributed by atoms with Crippen LogP contribution in [0.1, 0.15) is 101 Å². The highest BCUT2D eigenvalue weighted by Crippen LogP contribution is 2.83. The van der Waals surface area contributed by atoms with Crippen LogP contribution in [0, 0.1) is 44.8 Å². The average Bonchev–Trinajstić information content (AvgIpc) is 3.36. The van der Waals surface area contributed by atoms with Crippen molar-refractivity contribution in [3.8, 4) is 0 Å². The number of ketones is 1. The predicted molar refractivity (Wildman–Crippen MR) is 171 cm³/mol. The van der Waals surface area contributed by atoms with Gasteiger partial charge in [0.1, 0.15) is 17.3 Å². The van der Waals surface area contributed by atoms with Gasteiger partial charge in [-0.15, -0.1) is 0 Å². The van der Waals surface area contributed by atoms with Gasteiger partial charge in [-0.3, -0.25) is 24.0 Å². The SMILES string of the molecule is COC1=C(C)[C@@]2(C)C[C@@H](O)[C@H]3[C@@](C)(C[C@H](C)[C@]34[C@@]35C[C@@](C)(C[C@H](OC(C)=O)[C@]3(C)[C@@H](OC(C)=O)[C@@H](OC(C)=O)[C@]4(C)O)C(=O)O5)[C@H]2CC1=O. The maximum atomic E-state index is 14.2.